The summed E-state index contributed by atoms with van der Waals surface area (Å²) in [6, 6.07) is 11.0. The van der Waals surface area contributed by atoms with Crippen molar-refractivity contribution in [1.29, 1.82) is 0 Å². The molecule has 22 heavy (non-hydrogen) atoms. The van der Waals surface area contributed by atoms with Crippen LogP contribution in [0.2, 0.25) is 0 Å². The number of nitrogens with zero attached hydrogens (tertiary/aromatic N) is 1. The number of carbonyl (C=O) groups excluding carboxylic acids is 1. The Kier molecular flexibility index (Phi) is 6.03. The molecule has 0 aliphatic heterocycles. The van der Waals surface area contributed by atoms with Gasteiger partial charge in [0, 0.05) is 24.9 Å². The van der Waals surface area contributed by atoms with E-state index in [9.17, 15) is 4.79 Å². The van der Waals surface area contributed by atoms with Gasteiger partial charge >= 0.3 is 6.03 Å². The van der Waals surface area contributed by atoms with Crippen LogP contribution in [-0.4, -0.2) is 24.6 Å². The maximum absolute atomic E-state index is 12.3. The number of amides is 2. The van der Waals surface area contributed by atoms with Crippen molar-refractivity contribution in [3.05, 3.63) is 52.4 Å². The topological polar surface area (TPSA) is 54.7 Å². The van der Waals surface area contributed by atoms with Crippen LogP contribution in [0, 0.1) is 0 Å². The molecular formula is C16H19BrN2O3. The minimum absolute atomic E-state index is 0.198. The Hall–Kier alpha value is -1.79. The molecule has 0 aliphatic rings. The van der Waals surface area contributed by atoms with Crippen LogP contribution < -0.4 is 5.32 Å². The van der Waals surface area contributed by atoms with Crippen molar-refractivity contribution in [3.8, 4) is 0 Å². The van der Waals surface area contributed by atoms with Crippen molar-refractivity contribution in [1.82, 2.24) is 4.90 Å². The number of para-hydroxylation sites is 1. The fraction of sp³-hybridized carbons (Fsp3) is 0.312. The molecule has 2 rings (SSSR count). The average Bonchev–Trinajstić information content (AvgIpc) is 2.91. The van der Waals surface area contributed by atoms with Gasteiger partial charge in [-0.3, -0.25) is 0 Å². The number of ether oxygens (including phenoxy) is 1. The van der Waals surface area contributed by atoms with Crippen LogP contribution in [-0.2, 0) is 17.9 Å². The quantitative estimate of drug-likeness (QED) is 0.831. The highest BCUT2D eigenvalue weighted by atomic mass is 79.9. The zero-order chi connectivity index (χ0) is 15.9. The molecule has 1 aromatic heterocycles. The van der Waals surface area contributed by atoms with E-state index in [0.717, 1.165) is 11.3 Å². The van der Waals surface area contributed by atoms with Crippen LogP contribution >= 0.6 is 15.9 Å². The van der Waals surface area contributed by atoms with E-state index in [0.29, 0.717) is 30.2 Å². The van der Waals surface area contributed by atoms with Gasteiger partial charge in [-0.2, -0.15) is 0 Å². The zero-order valence-electron chi connectivity index (χ0n) is 12.6. The smallest absolute Gasteiger partial charge is 0.322 e. The van der Waals surface area contributed by atoms with Gasteiger partial charge in [0.25, 0.3) is 0 Å². The molecule has 0 fully saturated rings. The van der Waals surface area contributed by atoms with E-state index in [-0.39, 0.29) is 6.03 Å². The third kappa shape index (κ3) is 4.61. The Morgan fingerprint density at radius 2 is 2.09 bits per heavy atom. The summed E-state index contributed by atoms with van der Waals surface area (Å²) in [5.74, 6) is 0.715. The van der Waals surface area contributed by atoms with Crippen LogP contribution in [0.4, 0.5) is 10.5 Å². The first-order valence-corrected chi connectivity index (χ1v) is 7.81. The summed E-state index contributed by atoms with van der Waals surface area (Å²) in [6.45, 7) is 3.44. The summed E-state index contributed by atoms with van der Waals surface area (Å²) in [5, 5.41) is 2.90. The van der Waals surface area contributed by atoms with E-state index < -0.39 is 0 Å². The second-order valence-electron chi connectivity index (χ2n) is 4.79. The molecule has 0 bridgehead atoms. The molecule has 0 atom stereocenters. The number of rotatable bonds is 6. The van der Waals surface area contributed by atoms with Crippen molar-refractivity contribution in [2.24, 2.45) is 0 Å². The third-order valence-corrected chi connectivity index (χ3v) is 3.52. The van der Waals surface area contributed by atoms with Gasteiger partial charge in [0.15, 0.2) is 4.67 Å². The second kappa shape index (κ2) is 8.00. The highest BCUT2D eigenvalue weighted by Gasteiger charge is 2.13. The lowest BCUT2D eigenvalue weighted by atomic mass is 10.2. The van der Waals surface area contributed by atoms with Crippen LogP contribution in [0.1, 0.15) is 18.2 Å². The largest absolute Gasteiger partial charge is 0.452 e. The number of urea groups is 1. The molecule has 0 spiro atoms. The van der Waals surface area contributed by atoms with E-state index in [2.05, 4.69) is 21.2 Å². The van der Waals surface area contributed by atoms with E-state index in [4.69, 9.17) is 9.15 Å². The van der Waals surface area contributed by atoms with Crippen molar-refractivity contribution in [3.63, 3.8) is 0 Å². The van der Waals surface area contributed by atoms with Gasteiger partial charge < -0.3 is 19.4 Å². The van der Waals surface area contributed by atoms with E-state index in [1.165, 1.54) is 0 Å². The monoisotopic (exact) mass is 366 g/mol. The highest BCUT2D eigenvalue weighted by Crippen LogP contribution is 2.18. The molecule has 1 heterocycles. The predicted octanol–water partition coefficient (Wildman–Crippen LogP) is 4.24. The summed E-state index contributed by atoms with van der Waals surface area (Å²) >= 11 is 3.25. The number of hydrogen-bond acceptors (Lipinski definition) is 3. The van der Waals surface area contributed by atoms with E-state index in [1.54, 1.807) is 18.0 Å². The lowest BCUT2D eigenvalue weighted by Crippen LogP contribution is -2.31. The van der Waals surface area contributed by atoms with Crippen LogP contribution in [0.5, 0.6) is 0 Å². The van der Waals surface area contributed by atoms with Crippen LogP contribution in [0.15, 0.2) is 45.5 Å². The van der Waals surface area contributed by atoms with Gasteiger partial charge in [-0.25, -0.2) is 4.79 Å². The minimum Gasteiger partial charge on any atom is -0.452 e. The Bertz CT molecular complexity index is 627. The van der Waals surface area contributed by atoms with Crippen molar-refractivity contribution in [2.75, 3.05) is 19.0 Å². The Labute approximate surface area is 138 Å². The number of halogens is 1. The summed E-state index contributed by atoms with van der Waals surface area (Å²) < 4.78 is 11.5. The molecule has 1 aromatic carbocycles. The van der Waals surface area contributed by atoms with E-state index >= 15 is 0 Å². The predicted molar refractivity (Wildman–Crippen MR) is 88.7 cm³/mol. The molecule has 0 saturated carbocycles. The maximum atomic E-state index is 12.3. The van der Waals surface area contributed by atoms with Gasteiger partial charge in [0.2, 0.25) is 0 Å². The molecule has 118 valence electrons. The highest BCUT2D eigenvalue weighted by molar-refractivity contribution is 9.10. The van der Waals surface area contributed by atoms with Crippen molar-refractivity contribution < 1.29 is 13.9 Å². The van der Waals surface area contributed by atoms with Gasteiger partial charge in [-0.05, 0) is 41.1 Å². The maximum Gasteiger partial charge on any atom is 0.322 e. The van der Waals surface area contributed by atoms with Crippen molar-refractivity contribution in [2.45, 2.75) is 20.1 Å². The van der Waals surface area contributed by atoms with Crippen LogP contribution in [0.3, 0.4) is 0 Å². The molecule has 0 aliphatic carbocycles. The Morgan fingerprint density at radius 3 is 2.77 bits per heavy atom. The first-order chi connectivity index (χ1) is 10.6. The SMILES string of the molecule is CCOCc1ccccc1NC(=O)N(C)Cc1ccc(Br)o1. The van der Waals surface area contributed by atoms with Crippen molar-refractivity contribution >= 4 is 27.6 Å². The Balaban J connectivity index is 1.98. The molecule has 0 unspecified atom stereocenters. The van der Waals surface area contributed by atoms with Crippen LogP contribution in [0.25, 0.3) is 0 Å². The van der Waals surface area contributed by atoms with E-state index in [1.807, 2.05) is 37.3 Å². The lowest BCUT2D eigenvalue weighted by molar-refractivity contribution is 0.134. The zero-order valence-corrected chi connectivity index (χ0v) is 14.2. The molecule has 1 N–H and O–H groups in total. The molecular weight excluding hydrogens is 348 g/mol. The Morgan fingerprint density at radius 1 is 1.32 bits per heavy atom. The molecule has 5 nitrogen and oxygen atoms in total. The average molecular weight is 367 g/mol. The minimum atomic E-state index is -0.198. The number of benzene rings is 1. The number of hydrogen-bond donors (Lipinski definition) is 1. The third-order valence-electron chi connectivity index (χ3n) is 3.09. The number of nitrogens with one attached hydrogen (secondary N) is 1. The summed E-state index contributed by atoms with van der Waals surface area (Å²) in [5.41, 5.74) is 1.71. The second-order valence-corrected chi connectivity index (χ2v) is 5.57. The molecule has 0 saturated heterocycles. The van der Waals surface area contributed by atoms with Gasteiger partial charge in [0.05, 0.1) is 13.2 Å². The van der Waals surface area contributed by atoms with Gasteiger partial charge in [-0.1, -0.05) is 18.2 Å². The normalized spacial score (nSPS) is 10.5. The summed E-state index contributed by atoms with van der Waals surface area (Å²) in [4.78, 5) is 13.8. The fourth-order valence-corrected chi connectivity index (χ4v) is 2.27. The van der Waals surface area contributed by atoms with Gasteiger partial charge in [0.1, 0.15) is 5.76 Å². The fourth-order valence-electron chi connectivity index (χ4n) is 1.93. The first-order valence-electron chi connectivity index (χ1n) is 7.02. The number of carbonyl (C=O) groups is 1. The molecule has 2 amide bonds. The van der Waals surface area contributed by atoms with Gasteiger partial charge in [-0.15, -0.1) is 0 Å². The number of furan rings is 1. The first kappa shape index (κ1) is 16.6. The molecule has 2 aromatic rings. The standard InChI is InChI=1S/C16H19BrN2O3/c1-3-21-11-12-6-4-5-7-14(12)18-16(20)19(2)10-13-8-9-15(17)22-13/h4-9H,3,10-11H2,1-2H3,(H,18,20). The number of anilines is 1. The summed E-state index contributed by atoms with van der Waals surface area (Å²) in [6.07, 6.45) is 0. The molecule has 0 radical (unpaired) electrons. The molecule has 6 heteroatoms. The lowest BCUT2D eigenvalue weighted by Gasteiger charge is -2.18. The summed E-state index contributed by atoms with van der Waals surface area (Å²) in [7, 11) is 1.72.